The minimum atomic E-state index is -0.243. The molecule has 0 aliphatic carbocycles. The van der Waals surface area contributed by atoms with E-state index in [0.29, 0.717) is 11.6 Å². The molecule has 5 nitrogen and oxygen atoms in total. The van der Waals surface area contributed by atoms with Crippen molar-refractivity contribution in [2.45, 2.75) is 13.8 Å². The van der Waals surface area contributed by atoms with Gasteiger partial charge in [0.05, 0.1) is 5.69 Å². The Kier molecular flexibility index (Phi) is 4.61. The lowest BCUT2D eigenvalue weighted by atomic mass is 10.2. The molecule has 0 saturated heterocycles. The van der Waals surface area contributed by atoms with E-state index in [0.717, 1.165) is 16.9 Å². The average molecular weight is 321 g/mol. The average Bonchev–Trinajstić information content (AvgIpc) is 2.94. The smallest absolute Gasteiger partial charge is 0.263 e. The van der Waals surface area contributed by atoms with Crippen LogP contribution in [0.25, 0.3) is 5.69 Å². The third kappa shape index (κ3) is 3.81. The summed E-state index contributed by atoms with van der Waals surface area (Å²) < 4.78 is 7.24. The van der Waals surface area contributed by atoms with Crippen LogP contribution in [-0.2, 0) is 4.79 Å². The van der Waals surface area contributed by atoms with Crippen LogP contribution in [0.5, 0.6) is 5.75 Å². The molecule has 24 heavy (non-hydrogen) atoms. The van der Waals surface area contributed by atoms with Gasteiger partial charge in [-0.05, 0) is 43.7 Å². The van der Waals surface area contributed by atoms with Crippen LogP contribution < -0.4 is 10.1 Å². The summed E-state index contributed by atoms with van der Waals surface area (Å²) in [7, 11) is 0. The number of aryl methyl sites for hydroxylation is 2. The molecule has 0 atom stereocenters. The van der Waals surface area contributed by atoms with E-state index in [-0.39, 0.29) is 12.5 Å². The summed E-state index contributed by atoms with van der Waals surface area (Å²) in [4.78, 5) is 12.0. The lowest BCUT2D eigenvalue weighted by Crippen LogP contribution is -2.20. The predicted molar refractivity (Wildman–Crippen MR) is 93.6 cm³/mol. The SMILES string of the molecule is Cc1cccc(-n2nc(NC(=O)COc3ccccc3)cc2C)c1. The topological polar surface area (TPSA) is 56.2 Å². The van der Waals surface area contributed by atoms with Crippen LogP contribution in [0, 0.1) is 13.8 Å². The van der Waals surface area contributed by atoms with Crippen molar-refractivity contribution in [2.24, 2.45) is 0 Å². The van der Waals surface area contributed by atoms with Gasteiger partial charge in [-0.3, -0.25) is 4.79 Å². The maximum absolute atomic E-state index is 12.0. The lowest BCUT2D eigenvalue weighted by Gasteiger charge is -2.06. The maximum Gasteiger partial charge on any atom is 0.263 e. The third-order valence-electron chi connectivity index (χ3n) is 3.51. The van der Waals surface area contributed by atoms with E-state index < -0.39 is 0 Å². The van der Waals surface area contributed by atoms with Crippen LogP contribution >= 0.6 is 0 Å². The Morgan fingerprint density at radius 2 is 1.88 bits per heavy atom. The molecule has 0 fully saturated rings. The first-order chi connectivity index (χ1) is 11.6. The molecule has 5 heteroatoms. The quantitative estimate of drug-likeness (QED) is 0.782. The van der Waals surface area contributed by atoms with Gasteiger partial charge >= 0.3 is 0 Å². The number of amides is 1. The molecule has 0 bridgehead atoms. The summed E-state index contributed by atoms with van der Waals surface area (Å²) >= 11 is 0. The molecule has 122 valence electrons. The number of nitrogens with one attached hydrogen (secondary N) is 1. The number of para-hydroxylation sites is 1. The molecular formula is C19H19N3O2. The molecule has 0 aliphatic rings. The van der Waals surface area contributed by atoms with Crippen LogP contribution in [0.3, 0.4) is 0 Å². The summed E-state index contributed by atoms with van der Waals surface area (Å²) in [6.07, 6.45) is 0. The molecule has 3 aromatic rings. The summed E-state index contributed by atoms with van der Waals surface area (Å²) in [5, 5.41) is 7.21. The highest BCUT2D eigenvalue weighted by molar-refractivity contribution is 5.91. The van der Waals surface area contributed by atoms with Gasteiger partial charge in [0, 0.05) is 11.8 Å². The van der Waals surface area contributed by atoms with Gasteiger partial charge in [0.15, 0.2) is 12.4 Å². The molecule has 0 spiro atoms. The van der Waals surface area contributed by atoms with Gasteiger partial charge < -0.3 is 10.1 Å². The van der Waals surface area contributed by atoms with Crippen molar-refractivity contribution in [1.82, 2.24) is 9.78 Å². The standard InChI is InChI=1S/C19H19N3O2/c1-14-7-6-8-16(11-14)22-15(2)12-18(21-22)20-19(23)13-24-17-9-4-3-5-10-17/h3-12H,13H2,1-2H3,(H,20,21,23). The molecule has 1 N–H and O–H groups in total. The van der Waals surface area contributed by atoms with Crippen LogP contribution in [-0.4, -0.2) is 22.3 Å². The van der Waals surface area contributed by atoms with Crippen LogP contribution in [0.1, 0.15) is 11.3 Å². The monoisotopic (exact) mass is 321 g/mol. The van der Waals surface area contributed by atoms with Crippen molar-refractivity contribution >= 4 is 11.7 Å². The minimum Gasteiger partial charge on any atom is -0.484 e. The highest BCUT2D eigenvalue weighted by Gasteiger charge is 2.10. The van der Waals surface area contributed by atoms with Gasteiger partial charge in [-0.15, -0.1) is 5.10 Å². The van der Waals surface area contributed by atoms with Gasteiger partial charge in [0.25, 0.3) is 5.91 Å². The maximum atomic E-state index is 12.0. The van der Waals surface area contributed by atoms with Crippen LogP contribution in [0.2, 0.25) is 0 Å². The minimum absolute atomic E-state index is 0.0552. The Balaban J connectivity index is 1.65. The number of ether oxygens (including phenoxy) is 1. The Morgan fingerprint density at radius 3 is 2.62 bits per heavy atom. The summed E-state index contributed by atoms with van der Waals surface area (Å²) in [6.45, 7) is 3.93. The predicted octanol–water partition coefficient (Wildman–Crippen LogP) is 3.51. The summed E-state index contributed by atoms with van der Waals surface area (Å²) in [6, 6.07) is 19.1. The van der Waals surface area contributed by atoms with Crippen molar-refractivity contribution in [1.29, 1.82) is 0 Å². The molecule has 0 saturated carbocycles. The Morgan fingerprint density at radius 1 is 1.08 bits per heavy atom. The Bertz CT molecular complexity index is 841. The van der Waals surface area contributed by atoms with E-state index in [1.54, 1.807) is 4.68 Å². The lowest BCUT2D eigenvalue weighted by molar-refractivity contribution is -0.118. The van der Waals surface area contributed by atoms with E-state index in [2.05, 4.69) is 10.4 Å². The fraction of sp³-hybridized carbons (Fsp3) is 0.158. The van der Waals surface area contributed by atoms with Crippen LogP contribution in [0.4, 0.5) is 5.82 Å². The van der Waals surface area contributed by atoms with E-state index in [4.69, 9.17) is 4.74 Å². The number of hydrogen-bond donors (Lipinski definition) is 1. The van der Waals surface area contributed by atoms with Gasteiger partial charge in [-0.1, -0.05) is 30.3 Å². The fourth-order valence-corrected chi connectivity index (χ4v) is 2.40. The second kappa shape index (κ2) is 7.00. The number of aromatic nitrogens is 2. The van der Waals surface area contributed by atoms with E-state index in [1.807, 2.05) is 74.5 Å². The van der Waals surface area contributed by atoms with Crippen molar-refractivity contribution < 1.29 is 9.53 Å². The molecule has 1 amide bonds. The van der Waals surface area contributed by atoms with E-state index in [1.165, 1.54) is 0 Å². The fourth-order valence-electron chi connectivity index (χ4n) is 2.40. The van der Waals surface area contributed by atoms with E-state index in [9.17, 15) is 4.79 Å². The number of rotatable bonds is 5. The molecule has 0 radical (unpaired) electrons. The Hall–Kier alpha value is -3.08. The molecule has 0 unspecified atom stereocenters. The summed E-state index contributed by atoms with van der Waals surface area (Å²) in [5.74, 6) is 0.928. The van der Waals surface area contributed by atoms with Gasteiger partial charge in [0.2, 0.25) is 0 Å². The first-order valence-electron chi connectivity index (χ1n) is 7.73. The number of carbonyl (C=O) groups excluding carboxylic acids is 1. The number of anilines is 1. The third-order valence-corrected chi connectivity index (χ3v) is 3.51. The largest absolute Gasteiger partial charge is 0.484 e. The van der Waals surface area contributed by atoms with Gasteiger partial charge in [-0.2, -0.15) is 0 Å². The molecule has 1 aromatic heterocycles. The first-order valence-corrected chi connectivity index (χ1v) is 7.73. The highest BCUT2D eigenvalue weighted by Crippen LogP contribution is 2.16. The zero-order valence-electron chi connectivity index (χ0n) is 13.7. The number of nitrogens with zero attached hydrogens (tertiary/aromatic N) is 2. The normalized spacial score (nSPS) is 10.4. The zero-order chi connectivity index (χ0) is 16.9. The summed E-state index contributed by atoms with van der Waals surface area (Å²) in [5.41, 5.74) is 3.07. The second-order valence-corrected chi connectivity index (χ2v) is 5.57. The molecule has 2 aromatic carbocycles. The molecule has 3 rings (SSSR count). The Labute approximate surface area is 140 Å². The van der Waals surface area contributed by atoms with E-state index >= 15 is 0 Å². The van der Waals surface area contributed by atoms with Crippen molar-refractivity contribution in [3.63, 3.8) is 0 Å². The first kappa shape index (κ1) is 15.8. The highest BCUT2D eigenvalue weighted by atomic mass is 16.5. The number of hydrogen-bond acceptors (Lipinski definition) is 3. The van der Waals surface area contributed by atoms with Crippen molar-refractivity contribution in [2.75, 3.05) is 11.9 Å². The van der Waals surface area contributed by atoms with Gasteiger partial charge in [0.1, 0.15) is 5.75 Å². The second-order valence-electron chi connectivity index (χ2n) is 5.57. The number of carbonyl (C=O) groups is 1. The molecule has 1 heterocycles. The number of benzene rings is 2. The molecular weight excluding hydrogens is 302 g/mol. The van der Waals surface area contributed by atoms with Gasteiger partial charge in [-0.25, -0.2) is 4.68 Å². The molecule has 0 aliphatic heterocycles. The zero-order valence-corrected chi connectivity index (χ0v) is 13.7. The van der Waals surface area contributed by atoms with Crippen molar-refractivity contribution in [3.05, 3.63) is 71.9 Å². The van der Waals surface area contributed by atoms with Crippen LogP contribution in [0.15, 0.2) is 60.7 Å². The van der Waals surface area contributed by atoms with Crippen molar-refractivity contribution in [3.8, 4) is 11.4 Å².